The summed E-state index contributed by atoms with van der Waals surface area (Å²) in [6.07, 6.45) is 4.58. The number of carbonyl (C=O) groups is 1. The van der Waals surface area contributed by atoms with Crippen LogP contribution in [0.5, 0.6) is 0 Å². The number of imidazole rings is 1. The topological polar surface area (TPSA) is 68.2 Å². The summed E-state index contributed by atoms with van der Waals surface area (Å²) in [5.41, 5.74) is -0.548. The second-order valence-corrected chi connectivity index (χ2v) is 7.81. The largest absolute Gasteiger partial charge is 0.367 e. The molecule has 0 aromatic carbocycles. The third kappa shape index (κ3) is 4.70. The SMILES string of the molecule is Cc1nccn1C[C@@H](C)CNC(=O)N[C@H]1CC(C)(C)OC1(C)C. The summed E-state index contributed by atoms with van der Waals surface area (Å²) in [5.74, 6) is 1.33. The molecule has 2 rings (SSSR count). The van der Waals surface area contributed by atoms with Crippen molar-refractivity contribution in [3.8, 4) is 0 Å². The summed E-state index contributed by atoms with van der Waals surface area (Å²) < 4.78 is 8.10. The molecule has 6 heteroatoms. The predicted molar refractivity (Wildman–Crippen MR) is 90.3 cm³/mol. The van der Waals surface area contributed by atoms with Crippen LogP contribution >= 0.6 is 0 Å². The van der Waals surface area contributed by atoms with Crippen molar-refractivity contribution in [2.45, 2.75) is 71.8 Å². The molecule has 0 bridgehead atoms. The van der Waals surface area contributed by atoms with Gasteiger partial charge in [-0.25, -0.2) is 9.78 Å². The molecule has 0 aliphatic carbocycles. The zero-order valence-corrected chi connectivity index (χ0v) is 15.1. The Bertz CT molecular complexity index is 551. The van der Waals surface area contributed by atoms with Crippen molar-refractivity contribution in [1.29, 1.82) is 0 Å². The quantitative estimate of drug-likeness (QED) is 0.875. The van der Waals surface area contributed by atoms with Gasteiger partial charge in [0.05, 0.1) is 17.2 Å². The average molecular weight is 322 g/mol. The highest BCUT2D eigenvalue weighted by atomic mass is 16.5. The molecule has 1 aliphatic heterocycles. The Morgan fingerprint density at radius 1 is 1.48 bits per heavy atom. The van der Waals surface area contributed by atoms with Crippen LogP contribution < -0.4 is 10.6 Å². The summed E-state index contributed by atoms with van der Waals surface area (Å²) >= 11 is 0. The maximum absolute atomic E-state index is 12.2. The van der Waals surface area contributed by atoms with Crippen molar-refractivity contribution in [3.05, 3.63) is 18.2 Å². The lowest BCUT2D eigenvalue weighted by atomic mass is 9.95. The van der Waals surface area contributed by atoms with Crippen LogP contribution in [-0.4, -0.2) is 39.4 Å². The van der Waals surface area contributed by atoms with Gasteiger partial charge in [0.15, 0.2) is 0 Å². The van der Waals surface area contributed by atoms with Crippen molar-refractivity contribution in [3.63, 3.8) is 0 Å². The molecular weight excluding hydrogens is 292 g/mol. The van der Waals surface area contributed by atoms with E-state index in [9.17, 15) is 4.79 Å². The Morgan fingerprint density at radius 3 is 2.70 bits per heavy atom. The van der Waals surface area contributed by atoms with Crippen LogP contribution in [0.3, 0.4) is 0 Å². The molecule has 1 aromatic heterocycles. The van der Waals surface area contributed by atoms with Crippen molar-refractivity contribution >= 4 is 6.03 Å². The standard InChI is InChI=1S/C17H30N4O2/c1-12(11-21-8-7-18-13(21)2)10-19-15(22)20-14-9-16(3,4)23-17(14,5)6/h7-8,12,14H,9-11H2,1-6H3,(H2,19,20,22)/t12-,14-/m0/s1. The number of rotatable bonds is 5. The predicted octanol–water partition coefficient (Wildman–Crippen LogP) is 2.47. The van der Waals surface area contributed by atoms with Gasteiger partial charge in [-0.2, -0.15) is 0 Å². The zero-order valence-electron chi connectivity index (χ0n) is 15.1. The third-order valence-electron chi connectivity index (χ3n) is 4.42. The number of ether oxygens (including phenoxy) is 1. The normalized spacial score (nSPS) is 23.5. The minimum absolute atomic E-state index is 0.0173. The molecule has 0 radical (unpaired) electrons. The fourth-order valence-electron chi connectivity index (χ4n) is 3.26. The monoisotopic (exact) mass is 322 g/mol. The van der Waals surface area contributed by atoms with Gasteiger partial charge in [0, 0.05) is 25.5 Å². The Labute approximate surface area is 139 Å². The van der Waals surface area contributed by atoms with Crippen molar-refractivity contribution in [1.82, 2.24) is 20.2 Å². The van der Waals surface area contributed by atoms with E-state index in [1.165, 1.54) is 0 Å². The Morgan fingerprint density at radius 2 is 2.17 bits per heavy atom. The number of hydrogen-bond donors (Lipinski definition) is 2. The van der Waals surface area contributed by atoms with Gasteiger partial charge in [0.1, 0.15) is 5.82 Å². The molecule has 130 valence electrons. The Kier molecular flexibility index (Phi) is 5.04. The van der Waals surface area contributed by atoms with E-state index in [1.807, 2.05) is 27.0 Å². The van der Waals surface area contributed by atoms with Crippen molar-refractivity contribution in [2.24, 2.45) is 5.92 Å². The third-order valence-corrected chi connectivity index (χ3v) is 4.42. The number of aryl methyl sites for hydroxylation is 1. The summed E-state index contributed by atoms with van der Waals surface area (Å²) in [4.78, 5) is 16.4. The Balaban J connectivity index is 1.78. The number of amides is 2. The summed E-state index contributed by atoms with van der Waals surface area (Å²) in [5, 5.41) is 6.02. The molecule has 2 amide bonds. The second kappa shape index (κ2) is 6.51. The van der Waals surface area contributed by atoms with Gasteiger partial charge in [-0.05, 0) is 47.0 Å². The Hall–Kier alpha value is -1.56. The van der Waals surface area contributed by atoms with Crippen LogP contribution in [0.2, 0.25) is 0 Å². The van der Waals surface area contributed by atoms with Gasteiger partial charge < -0.3 is 19.9 Å². The number of carbonyl (C=O) groups excluding carboxylic acids is 1. The molecule has 1 fully saturated rings. The van der Waals surface area contributed by atoms with Gasteiger partial charge in [-0.3, -0.25) is 0 Å². The van der Waals surface area contributed by atoms with E-state index >= 15 is 0 Å². The highest BCUT2D eigenvalue weighted by molar-refractivity contribution is 5.74. The molecule has 1 aliphatic rings. The molecule has 2 atom stereocenters. The summed E-state index contributed by atoms with van der Waals surface area (Å²) in [7, 11) is 0. The molecule has 0 unspecified atom stereocenters. The van der Waals surface area contributed by atoms with E-state index in [0.717, 1.165) is 18.8 Å². The first kappa shape index (κ1) is 17.8. The molecule has 0 saturated carbocycles. The van der Waals surface area contributed by atoms with Crippen LogP contribution in [0.25, 0.3) is 0 Å². The second-order valence-electron chi connectivity index (χ2n) is 7.81. The van der Waals surface area contributed by atoms with E-state index in [2.05, 4.69) is 41.0 Å². The molecule has 0 spiro atoms. The van der Waals surface area contributed by atoms with Crippen LogP contribution in [0.4, 0.5) is 4.79 Å². The highest BCUT2D eigenvalue weighted by Crippen LogP contribution is 2.37. The molecule has 6 nitrogen and oxygen atoms in total. The van der Waals surface area contributed by atoms with E-state index in [4.69, 9.17) is 4.74 Å². The number of hydrogen-bond acceptors (Lipinski definition) is 3. The maximum atomic E-state index is 12.2. The first-order chi connectivity index (χ1) is 10.6. The number of urea groups is 1. The lowest BCUT2D eigenvalue weighted by Gasteiger charge is -2.28. The van der Waals surface area contributed by atoms with Crippen LogP contribution in [0.1, 0.15) is 46.9 Å². The fourth-order valence-corrected chi connectivity index (χ4v) is 3.26. The number of nitrogens with zero attached hydrogens (tertiary/aromatic N) is 2. The average Bonchev–Trinajstić information content (AvgIpc) is 2.88. The highest BCUT2D eigenvalue weighted by Gasteiger charge is 2.46. The zero-order chi connectivity index (χ0) is 17.3. The van der Waals surface area contributed by atoms with E-state index in [1.54, 1.807) is 6.20 Å². The maximum Gasteiger partial charge on any atom is 0.315 e. The first-order valence-electron chi connectivity index (χ1n) is 8.31. The smallest absolute Gasteiger partial charge is 0.315 e. The van der Waals surface area contributed by atoms with E-state index in [0.29, 0.717) is 12.5 Å². The summed E-state index contributed by atoms with van der Waals surface area (Å²) in [6, 6.07) is -0.109. The molecule has 1 aromatic rings. The van der Waals surface area contributed by atoms with Crippen molar-refractivity contribution < 1.29 is 9.53 Å². The lowest BCUT2D eigenvalue weighted by Crippen LogP contribution is -2.50. The van der Waals surface area contributed by atoms with Gasteiger partial charge >= 0.3 is 6.03 Å². The van der Waals surface area contributed by atoms with Gasteiger partial charge in [0.25, 0.3) is 0 Å². The van der Waals surface area contributed by atoms with Gasteiger partial charge in [-0.1, -0.05) is 6.92 Å². The minimum atomic E-state index is -0.347. The molecular formula is C17H30N4O2. The van der Waals surface area contributed by atoms with Gasteiger partial charge in [0.2, 0.25) is 0 Å². The fraction of sp³-hybridized carbons (Fsp3) is 0.765. The van der Waals surface area contributed by atoms with Crippen LogP contribution in [0.15, 0.2) is 12.4 Å². The number of nitrogens with one attached hydrogen (secondary N) is 2. The van der Waals surface area contributed by atoms with Gasteiger partial charge in [-0.15, -0.1) is 0 Å². The number of aromatic nitrogens is 2. The van der Waals surface area contributed by atoms with E-state index < -0.39 is 0 Å². The molecule has 23 heavy (non-hydrogen) atoms. The first-order valence-corrected chi connectivity index (χ1v) is 8.31. The summed E-state index contributed by atoms with van der Waals surface area (Å²) in [6.45, 7) is 13.7. The minimum Gasteiger partial charge on any atom is -0.367 e. The lowest BCUT2D eigenvalue weighted by molar-refractivity contribution is -0.0690. The van der Waals surface area contributed by atoms with E-state index in [-0.39, 0.29) is 23.3 Å². The van der Waals surface area contributed by atoms with Crippen LogP contribution in [-0.2, 0) is 11.3 Å². The molecule has 2 heterocycles. The molecule has 2 N–H and O–H groups in total. The van der Waals surface area contributed by atoms with Crippen molar-refractivity contribution in [2.75, 3.05) is 6.54 Å². The van der Waals surface area contributed by atoms with Crippen LogP contribution in [0, 0.1) is 12.8 Å². The molecule has 1 saturated heterocycles.